The molecule has 8 heteroatoms. The Balaban J connectivity index is 1.93. The van der Waals surface area contributed by atoms with Crippen molar-refractivity contribution in [1.29, 1.82) is 0 Å². The highest BCUT2D eigenvalue weighted by atomic mass is 32.1. The third kappa shape index (κ3) is 6.71. The maximum Gasteiger partial charge on any atom is 0.387 e. The van der Waals surface area contributed by atoms with E-state index in [-0.39, 0.29) is 17.5 Å². The highest BCUT2D eigenvalue weighted by Crippen LogP contribution is 2.29. The Morgan fingerprint density at radius 3 is 2.59 bits per heavy atom. The van der Waals surface area contributed by atoms with Crippen molar-refractivity contribution in [3.05, 3.63) is 45.6 Å². The van der Waals surface area contributed by atoms with Crippen molar-refractivity contribution in [2.75, 3.05) is 14.2 Å². The van der Waals surface area contributed by atoms with Gasteiger partial charge < -0.3 is 20.1 Å². The van der Waals surface area contributed by atoms with E-state index in [1.54, 1.807) is 30.5 Å². The summed E-state index contributed by atoms with van der Waals surface area (Å²) >= 11 is 1.78. The molecule has 0 spiro atoms. The van der Waals surface area contributed by atoms with Crippen LogP contribution in [-0.2, 0) is 13.0 Å². The molecule has 5 nitrogen and oxygen atoms in total. The molecule has 1 heterocycles. The molecule has 0 saturated heterocycles. The summed E-state index contributed by atoms with van der Waals surface area (Å²) in [5, 5.41) is 6.52. The van der Waals surface area contributed by atoms with E-state index >= 15 is 0 Å². The highest BCUT2D eigenvalue weighted by Gasteiger charge is 2.12. The van der Waals surface area contributed by atoms with Gasteiger partial charge in [0.25, 0.3) is 0 Å². The van der Waals surface area contributed by atoms with Gasteiger partial charge in [0.1, 0.15) is 0 Å². The number of aryl methyl sites for hydroxylation is 1. The van der Waals surface area contributed by atoms with Gasteiger partial charge in [-0.15, -0.1) is 11.3 Å². The van der Waals surface area contributed by atoms with Gasteiger partial charge in [-0.25, -0.2) is 0 Å². The summed E-state index contributed by atoms with van der Waals surface area (Å²) in [4.78, 5) is 6.82. The summed E-state index contributed by atoms with van der Waals surface area (Å²) < 4.78 is 34.6. The third-order valence-electron chi connectivity index (χ3n) is 3.81. The first-order chi connectivity index (χ1) is 12.9. The number of hydrogen-bond donors (Lipinski definition) is 2. The standard InChI is InChI=1S/C19H25F2N3O2S/c1-12(9-15-7-5-13(2)27-15)24-19(22-3)23-11-14-6-8-16(25-4)17(10-14)26-18(20)21/h5-8,10,12,18H,9,11H2,1-4H3,(H2,22,23,24). The fraction of sp³-hybridized carbons (Fsp3) is 0.421. The predicted molar refractivity (Wildman–Crippen MR) is 105 cm³/mol. The van der Waals surface area contributed by atoms with Crippen LogP contribution < -0.4 is 20.1 Å². The van der Waals surface area contributed by atoms with E-state index in [2.05, 4.69) is 46.3 Å². The van der Waals surface area contributed by atoms with E-state index in [4.69, 9.17) is 4.74 Å². The molecule has 2 N–H and O–H groups in total. The summed E-state index contributed by atoms with van der Waals surface area (Å²) in [6, 6.07) is 9.37. The fourth-order valence-electron chi connectivity index (χ4n) is 2.58. The molecule has 1 aromatic carbocycles. The smallest absolute Gasteiger partial charge is 0.387 e. The minimum Gasteiger partial charge on any atom is -0.493 e. The van der Waals surface area contributed by atoms with Crippen LogP contribution in [0.2, 0.25) is 0 Å². The first kappa shape index (κ1) is 21.0. The van der Waals surface area contributed by atoms with Crippen molar-refractivity contribution in [3.63, 3.8) is 0 Å². The lowest BCUT2D eigenvalue weighted by Crippen LogP contribution is -2.42. The van der Waals surface area contributed by atoms with Crippen LogP contribution in [0.1, 0.15) is 22.2 Å². The SMILES string of the molecule is CN=C(NCc1ccc(OC)c(OC(F)F)c1)NC(C)Cc1ccc(C)s1. The van der Waals surface area contributed by atoms with Gasteiger partial charge in [0.05, 0.1) is 7.11 Å². The van der Waals surface area contributed by atoms with Gasteiger partial charge in [0, 0.05) is 35.8 Å². The number of thiophene rings is 1. The lowest BCUT2D eigenvalue weighted by molar-refractivity contribution is -0.0512. The number of ether oxygens (including phenoxy) is 2. The van der Waals surface area contributed by atoms with E-state index in [9.17, 15) is 8.78 Å². The number of methoxy groups -OCH3 is 1. The van der Waals surface area contributed by atoms with Crippen LogP contribution >= 0.6 is 11.3 Å². The molecule has 0 amide bonds. The van der Waals surface area contributed by atoms with Crippen LogP contribution in [0.3, 0.4) is 0 Å². The summed E-state index contributed by atoms with van der Waals surface area (Å²) in [5.74, 6) is 0.917. The number of guanidine groups is 1. The first-order valence-corrected chi connectivity index (χ1v) is 9.37. The monoisotopic (exact) mass is 397 g/mol. The van der Waals surface area contributed by atoms with E-state index in [0.717, 1.165) is 12.0 Å². The van der Waals surface area contributed by atoms with Gasteiger partial charge in [-0.3, -0.25) is 4.99 Å². The van der Waals surface area contributed by atoms with Crippen molar-refractivity contribution in [2.45, 2.75) is 39.5 Å². The Morgan fingerprint density at radius 1 is 1.22 bits per heavy atom. The zero-order valence-corrected chi connectivity index (χ0v) is 16.7. The van der Waals surface area contributed by atoms with Gasteiger partial charge >= 0.3 is 6.61 Å². The number of alkyl halides is 2. The highest BCUT2D eigenvalue weighted by molar-refractivity contribution is 7.11. The van der Waals surface area contributed by atoms with Crippen LogP contribution in [0.25, 0.3) is 0 Å². The lowest BCUT2D eigenvalue weighted by Gasteiger charge is -2.18. The van der Waals surface area contributed by atoms with Gasteiger partial charge in [-0.05, 0) is 43.7 Å². The molecule has 0 radical (unpaired) electrons. The second kappa shape index (κ2) is 10.1. The van der Waals surface area contributed by atoms with Gasteiger partial charge in [0.2, 0.25) is 0 Å². The topological polar surface area (TPSA) is 54.9 Å². The summed E-state index contributed by atoms with van der Waals surface area (Å²) in [7, 11) is 3.10. The molecule has 0 bridgehead atoms. The van der Waals surface area contributed by atoms with Crippen LogP contribution in [0.4, 0.5) is 8.78 Å². The molecule has 0 aliphatic carbocycles. The Morgan fingerprint density at radius 2 is 2.00 bits per heavy atom. The van der Waals surface area contributed by atoms with E-state index in [1.165, 1.54) is 22.9 Å². The Hall–Kier alpha value is -2.35. The first-order valence-electron chi connectivity index (χ1n) is 8.55. The summed E-state index contributed by atoms with van der Waals surface area (Å²) in [5.41, 5.74) is 0.774. The van der Waals surface area contributed by atoms with Crippen LogP contribution in [0.15, 0.2) is 35.3 Å². The molecular formula is C19H25F2N3O2S. The minimum atomic E-state index is -2.90. The molecule has 148 valence electrons. The quantitative estimate of drug-likeness (QED) is 0.523. The number of benzene rings is 1. The lowest BCUT2D eigenvalue weighted by atomic mass is 10.2. The molecule has 1 atom stereocenters. The average Bonchev–Trinajstić information content (AvgIpc) is 3.02. The van der Waals surface area contributed by atoms with Crippen molar-refractivity contribution < 1.29 is 18.3 Å². The normalized spacial score (nSPS) is 12.8. The molecule has 2 rings (SSSR count). The number of nitrogens with one attached hydrogen (secondary N) is 2. The third-order valence-corrected chi connectivity index (χ3v) is 4.84. The summed E-state index contributed by atoms with van der Waals surface area (Å²) in [6.45, 7) is 1.68. The molecule has 0 fully saturated rings. The average molecular weight is 397 g/mol. The van der Waals surface area contributed by atoms with Crippen LogP contribution in [-0.4, -0.2) is 32.8 Å². The number of halogens is 2. The van der Waals surface area contributed by atoms with Crippen molar-refractivity contribution in [3.8, 4) is 11.5 Å². The minimum absolute atomic E-state index is 0.0104. The Bertz CT molecular complexity index is 765. The summed E-state index contributed by atoms with van der Waals surface area (Å²) in [6.07, 6.45) is 0.897. The van der Waals surface area contributed by atoms with Gasteiger partial charge in [-0.1, -0.05) is 6.07 Å². The molecule has 0 saturated carbocycles. The van der Waals surface area contributed by atoms with Crippen LogP contribution in [0, 0.1) is 6.92 Å². The predicted octanol–water partition coefficient (Wildman–Crippen LogP) is 3.96. The molecule has 27 heavy (non-hydrogen) atoms. The zero-order valence-electron chi connectivity index (χ0n) is 15.9. The zero-order chi connectivity index (χ0) is 19.8. The van der Waals surface area contributed by atoms with E-state index < -0.39 is 6.61 Å². The number of nitrogens with zero attached hydrogens (tertiary/aromatic N) is 1. The van der Waals surface area contributed by atoms with Crippen molar-refractivity contribution in [2.24, 2.45) is 4.99 Å². The number of hydrogen-bond acceptors (Lipinski definition) is 4. The van der Waals surface area contributed by atoms with Crippen molar-refractivity contribution >= 4 is 17.3 Å². The second-order valence-electron chi connectivity index (χ2n) is 6.05. The van der Waals surface area contributed by atoms with Gasteiger partial charge in [-0.2, -0.15) is 8.78 Å². The molecule has 2 aromatic rings. The fourth-order valence-corrected chi connectivity index (χ4v) is 3.60. The van der Waals surface area contributed by atoms with E-state index in [1.807, 2.05) is 0 Å². The van der Waals surface area contributed by atoms with Crippen LogP contribution in [0.5, 0.6) is 11.5 Å². The Kier molecular flexibility index (Phi) is 7.84. The molecule has 0 aliphatic heterocycles. The maximum atomic E-state index is 12.5. The Labute approximate surface area is 162 Å². The molecule has 0 aliphatic rings. The molecular weight excluding hydrogens is 372 g/mol. The molecule has 1 unspecified atom stereocenters. The molecule has 1 aromatic heterocycles. The largest absolute Gasteiger partial charge is 0.493 e. The van der Waals surface area contributed by atoms with Gasteiger partial charge in [0.15, 0.2) is 17.5 Å². The van der Waals surface area contributed by atoms with Crippen molar-refractivity contribution in [1.82, 2.24) is 10.6 Å². The maximum absolute atomic E-state index is 12.5. The number of rotatable bonds is 8. The number of aliphatic imine (C=N–C) groups is 1. The second-order valence-corrected chi connectivity index (χ2v) is 7.42. The van der Waals surface area contributed by atoms with E-state index in [0.29, 0.717) is 12.5 Å².